The number of H-pyrrole nitrogens is 2. The summed E-state index contributed by atoms with van der Waals surface area (Å²) >= 11 is 0. The fraction of sp³-hybridized carbons (Fsp3) is 0. The smallest absolute Gasteiger partial charge is 0.277 e. The van der Waals surface area contributed by atoms with E-state index in [1.165, 1.54) is 0 Å². The standard InChI is InChI=1S/C14H9N5O/c20-14-12(17-10-5-6-15-19-13(10)18-14)11-7-8-3-1-2-4-9(8)16-11/h1-7,16H,(H,18,19,20). The molecule has 3 heterocycles. The third-order valence-electron chi connectivity index (χ3n) is 3.16. The van der Waals surface area contributed by atoms with Gasteiger partial charge in [-0.2, -0.15) is 5.10 Å². The Hall–Kier alpha value is -3.02. The molecule has 0 atom stereocenters. The van der Waals surface area contributed by atoms with Crippen LogP contribution >= 0.6 is 0 Å². The Labute approximate surface area is 112 Å². The van der Waals surface area contributed by atoms with Gasteiger partial charge in [-0.3, -0.25) is 4.79 Å². The molecule has 0 fully saturated rings. The Morgan fingerprint density at radius 2 is 1.95 bits per heavy atom. The third kappa shape index (κ3) is 1.58. The normalized spacial score (nSPS) is 11.2. The van der Waals surface area contributed by atoms with E-state index in [9.17, 15) is 4.79 Å². The topological polar surface area (TPSA) is 87.3 Å². The molecule has 20 heavy (non-hydrogen) atoms. The zero-order valence-electron chi connectivity index (χ0n) is 10.3. The maximum Gasteiger partial charge on any atom is 0.277 e. The van der Waals surface area contributed by atoms with E-state index < -0.39 is 0 Å². The lowest BCUT2D eigenvalue weighted by Crippen LogP contribution is -2.12. The summed E-state index contributed by atoms with van der Waals surface area (Å²) in [6.45, 7) is 0. The minimum atomic E-state index is -0.287. The van der Waals surface area contributed by atoms with Gasteiger partial charge in [0.2, 0.25) is 0 Å². The molecule has 4 aromatic rings. The van der Waals surface area contributed by atoms with Gasteiger partial charge in [0.1, 0.15) is 5.52 Å². The molecule has 0 aliphatic heterocycles. The van der Waals surface area contributed by atoms with Gasteiger partial charge >= 0.3 is 0 Å². The van der Waals surface area contributed by atoms with Crippen molar-refractivity contribution in [2.75, 3.05) is 0 Å². The molecule has 0 radical (unpaired) electrons. The van der Waals surface area contributed by atoms with E-state index in [-0.39, 0.29) is 5.56 Å². The summed E-state index contributed by atoms with van der Waals surface area (Å²) in [5.41, 5.74) is 2.71. The van der Waals surface area contributed by atoms with Gasteiger partial charge in [-0.25, -0.2) is 4.98 Å². The summed E-state index contributed by atoms with van der Waals surface area (Å²) in [6, 6.07) is 11.5. The van der Waals surface area contributed by atoms with Crippen LogP contribution in [0.3, 0.4) is 0 Å². The number of nitrogens with one attached hydrogen (secondary N) is 2. The lowest BCUT2D eigenvalue weighted by Gasteiger charge is -1.98. The van der Waals surface area contributed by atoms with Crippen LogP contribution in [0.2, 0.25) is 0 Å². The van der Waals surface area contributed by atoms with Crippen LogP contribution in [0, 0.1) is 0 Å². The first-order chi connectivity index (χ1) is 9.81. The molecular formula is C14H9N5O. The van der Waals surface area contributed by atoms with Gasteiger partial charge in [0, 0.05) is 10.9 Å². The molecule has 4 rings (SSSR count). The van der Waals surface area contributed by atoms with E-state index in [4.69, 9.17) is 0 Å². The van der Waals surface area contributed by atoms with Crippen LogP contribution < -0.4 is 5.56 Å². The first-order valence-corrected chi connectivity index (χ1v) is 6.11. The van der Waals surface area contributed by atoms with E-state index in [1.807, 2.05) is 30.3 Å². The van der Waals surface area contributed by atoms with Gasteiger partial charge in [-0.05, 0) is 18.2 Å². The molecule has 0 spiro atoms. The number of nitrogens with zero attached hydrogens (tertiary/aromatic N) is 3. The number of rotatable bonds is 1. The predicted molar refractivity (Wildman–Crippen MR) is 75.2 cm³/mol. The number of para-hydroxylation sites is 1. The van der Waals surface area contributed by atoms with Gasteiger partial charge in [0.15, 0.2) is 11.3 Å². The molecule has 2 N–H and O–H groups in total. The molecule has 0 saturated carbocycles. The Morgan fingerprint density at radius 1 is 1.05 bits per heavy atom. The zero-order chi connectivity index (χ0) is 13.5. The number of fused-ring (bicyclic) bond motifs is 2. The molecule has 0 unspecified atom stereocenters. The van der Waals surface area contributed by atoms with Crippen molar-refractivity contribution in [1.82, 2.24) is 25.1 Å². The molecule has 0 aliphatic carbocycles. The van der Waals surface area contributed by atoms with Crippen LogP contribution in [-0.2, 0) is 0 Å². The minimum Gasteiger partial charge on any atom is -0.353 e. The van der Waals surface area contributed by atoms with Crippen molar-refractivity contribution < 1.29 is 0 Å². The van der Waals surface area contributed by atoms with Crippen LogP contribution in [0.15, 0.2) is 47.4 Å². The molecule has 96 valence electrons. The van der Waals surface area contributed by atoms with E-state index in [2.05, 4.69) is 25.1 Å². The Kier molecular flexibility index (Phi) is 2.17. The maximum absolute atomic E-state index is 12.1. The number of hydrogen-bond acceptors (Lipinski definition) is 4. The van der Waals surface area contributed by atoms with Crippen molar-refractivity contribution in [2.45, 2.75) is 0 Å². The van der Waals surface area contributed by atoms with Gasteiger partial charge in [0.05, 0.1) is 11.9 Å². The van der Waals surface area contributed by atoms with Crippen LogP contribution in [0.4, 0.5) is 0 Å². The van der Waals surface area contributed by atoms with Crippen molar-refractivity contribution in [1.29, 1.82) is 0 Å². The lowest BCUT2D eigenvalue weighted by molar-refractivity contribution is 1.03. The van der Waals surface area contributed by atoms with Crippen LogP contribution in [0.25, 0.3) is 33.5 Å². The summed E-state index contributed by atoms with van der Waals surface area (Å²) < 4.78 is 0. The average molecular weight is 263 g/mol. The first kappa shape index (κ1) is 10.9. The molecule has 3 aromatic heterocycles. The number of hydrogen-bond donors (Lipinski definition) is 2. The highest BCUT2D eigenvalue weighted by molar-refractivity contribution is 5.85. The highest BCUT2D eigenvalue weighted by Crippen LogP contribution is 2.20. The average Bonchev–Trinajstić information content (AvgIpc) is 2.90. The summed E-state index contributed by atoms with van der Waals surface area (Å²) in [5, 5.41) is 8.60. The molecule has 6 nitrogen and oxygen atoms in total. The number of aromatic nitrogens is 5. The molecule has 1 aromatic carbocycles. The summed E-state index contributed by atoms with van der Waals surface area (Å²) in [6.07, 6.45) is 1.54. The van der Waals surface area contributed by atoms with Crippen molar-refractivity contribution in [2.24, 2.45) is 0 Å². The summed E-state index contributed by atoms with van der Waals surface area (Å²) in [5.74, 6) is 0. The van der Waals surface area contributed by atoms with E-state index in [0.717, 1.165) is 10.9 Å². The van der Waals surface area contributed by atoms with Crippen molar-refractivity contribution in [3.05, 3.63) is 52.9 Å². The van der Waals surface area contributed by atoms with Crippen LogP contribution in [-0.4, -0.2) is 25.1 Å². The Balaban J connectivity index is 2.01. The lowest BCUT2D eigenvalue weighted by atomic mass is 10.2. The maximum atomic E-state index is 12.1. The second kappa shape index (κ2) is 3.99. The van der Waals surface area contributed by atoms with E-state index >= 15 is 0 Å². The van der Waals surface area contributed by atoms with Crippen LogP contribution in [0.5, 0.6) is 0 Å². The Morgan fingerprint density at radius 3 is 2.85 bits per heavy atom. The number of benzene rings is 1. The molecule has 0 saturated heterocycles. The monoisotopic (exact) mass is 263 g/mol. The van der Waals surface area contributed by atoms with Gasteiger partial charge in [0.25, 0.3) is 5.56 Å². The Bertz CT molecular complexity index is 952. The largest absolute Gasteiger partial charge is 0.353 e. The van der Waals surface area contributed by atoms with Gasteiger partial charge in [-0.1, -0.05) is 18.2 Å². The quantitative estimate of drug-likeness (QED) is 0.548. The van der Waals surface area contributed by atoms with Crippen molar-refractivity contribution >= 4 is 22.1 Å². The van der Waals surface area contributed by atoms with E-state index in [0.29, 0.717) is 22.6 Å². The first-order valence-electron chi connectivity index (χ1n) is 6.11. The molecular weight excluding hydrogens is 254 g/mol. The second-order valence-electron chi connectivity index (χ2n) is 4.45. The zero-order valence-corrected chi connectivity index (χ0v) is 10.3. The van der Waals surface area contributed by atoms with E-state index in [1.54, 1.807) is 12.3 Å². The fourth-order valence-electron chi connectivity index (χ4n) is 2.23. The second-order valence-corrected chi connectivity index (χ2v) is 4.45. The molecule has 0 aliphatic rings. The highest BCUT2D eigenvalue weighted by atomic mass is 16.1. The van der Waals surface area contributed by atoms with Crippen molar-refractivity contribution in [3.8, 4) is 11.4 Å². The van der Waals surface area contributed by atoms with Gasteiger partial charge < -0.3 is 9.97 Å². The number of aromatic amines is 2. The molecule has 6 heteroatoms. The van der Waals surface area contributed by atoms with Gasteiger partial charge in [-0.15, -0.1) is 5.10 Å². The SMILES string of the molecule is O=c1[nH]c2nnccc2nc1-c1cc2ccccc2[nH]1. The molecule has 0 bridgehead atoms. The van der Waals surface area contributed by atoms with Crippen LogP contribution in [0.1, 0.15) is 0 Å². The van der Waals surface area contributed by atoms with Crippen molar-refractivity contribution in [3.63, 3.8) is 0 Å². The minimum absolute atomic E-state index is 0.287. The predicted octanol–water partition coefficient (Wildman–Crippen LogP) is 1.86. The highest BCUT2D eigenvalue weighted by Gasteiger charge is 2.10. The fourth-order valence-corrected chi connectivity index (χ4v) is 2.23. The third-order valence-corrected chi connectivity index (χ3v) is 3.16. The summed E-state index contributed by atoms with van der Waals surface area (Å²) in [4.78, 5) is 22.4. The summed E-state index contributed by atoms with van der Waals surface area (Å²) in [7, 11) is 0. The molecule has 0 amide bonds.